The summed E-state index contributed by atoms with van der Waals surface area (Å²) in [6, 6.07) is 12.3. The zero-order chi connectivity index (χ0) is 16.7. The van der Waals surface area contributed by atoms with Crippen molar-refractivity contribution in [1.29, 1.82) is 0 Å². The van der Waals surface area contributed by atoms with Gasteiger partial charge in [-0.2, -0.15) is 0 Å². The molecule has 0 saturated carbocycles. The molecule has 7 nitrogen and oxygen atoms in total. The lowest BCUT2D eigenvalue weighted by atomic mass is 10.3. The maximum absolute atomic E-state index is 11.8. The normalized spacial score (nSPS) is 9.96. The van der Waals surface area contributed by atoms with Crippen LogP contribution < -0.4 is 14.2 Å². The molecule has 120 valence electrons. The summed E-state index contributed by atoms with van der Waals surface area (Å²) >= 11 is 0. The summed E-state index contributed by atoms with van der Waals surface area (Å²) in [4.78, 5) is 21.9. The first-order valence-electron chi connectivity index (χ1n) is 6.90. The van der Waals surface area contributed by atoms with Crippen LogP contribution in [0.3, 0.4) is 0 Å². The van der Waals surface area contributed by atoms with Gasteiger partial charge in [0.15, 0.2) is 18.1 Å². The van der Waals surface area contributed by atoms with Gasteiger partial charge in [0.2, 0.25) is 0 Å². The second kappa shape index (κ2) is 7.79. The van der Waals surface area contributed by atoms with E-state index in [1.54, 1.807) is 24.3 Å². The Kier molecular flexibility index (Phi) is 5.51. The molecule has 7 heteroatoms. The summed E-state index contributed by atoms with van der Waals surface area (Å²) in [5.41, 5.74) is -0.155. The third-order valence-electron chi connectivity index (χ3n) is 2.75. The van der Waals surface area contributed by atoms with Crippen LogP contribution in [0.15, 0.2) is 48.5 Å². The number of nitro groups is 1. The van der Waals surface area contributed by atoms with Crippen molar-refractivity contribution in [3.63, 3.8) is 0 Å². The van der Waals surface area contributed by atoms with Gasteiger partial charge >= 0.3 is 5.97 Å². The van der Waals surface area contributed by atoms with Crippen molar-refractivity contribution in [2.75, 3.05) is 13.2 Å². The minimum atomic E-state index is -0.670. The molecule has 0 fully saturated rings. The second-order valence-corrected chi connectivity index (χ2v) is 4.40. The number of carbonyl (C=O) groups is 1. The van der Waals surface area contributed by atoms with Crippen LogP contribution in [0.4, 0.5) is 5.69 Å². The number of non-ortho nitro benzene ring substituents is 1. The maximum atomic E-state index is 11.8. The SMILES string of the molecule is CCOc1ccccc1OCC(=O)Oc1cccc([N+](=O)[O-])c1. The van der Waals surface area contributed by atoms with Crippen LogP contribution >= 0.6 is 0 Å². The molecule has 0 atom stereocenters. The molecular weight excluding hydrogens is 302 g/mol. The summed E-state index contributed by atoms with van der Waals surface area (Å²) in [6.07, 6.45) is 0. The van der Waals surface area contributed by atoms with Crippen molar-refractivity contribution >= 4 is 11.7 Å². The summed E-state index contributed by atoms with van der Waals surface area (Å²) in [7, 11) is 0. The Bertz CT molecular complexity index is 700. The van der Waals surface area contributed by atoms with Crippen molar-refractivity contribution in [1.82, 2.24) is 0 Å². The molecule has 0 aliphatic carbocycles. The minimum Gasteiger partial charge on any atom is -0.490 e. The first kappa shape index (κ1) is 16.3. The van der Waals surface area contributed by atoms with Crippen LogP contribution in [0.2, 0.25) is 0 Å². The van der Waals surface area contributed by atoms with Gasteiger partial charge in [-0.1, -0.05) is 18.2 Å². The molecule has 0 spiro atoms. The van der Waals surface area contributed by atoms with Crippen molar-refractivity contribution in [3.8, 4) is 17.2 Å². The van der Waals surface area contributed by atoms with Crippen LogP contribution in [0.25, 0.3) is 0 Å². The van der Waals surface area contributed by atoms with Gasteiger partial charge in [-0.05, 0) is 25.1 Å². The van der Waals surface area contributed by atoms with Crippen molar-refractivity contribution < 1.29 is 23.9 Å². The molecule has 0 saturated heterocycles. The van der Waals surface area contributed by atoms with E-state index >= 15 is 0 Å². The molecule has 2 rings (SSSR count). The standard InChI is InChI=1S/C16H15NO6/c1-2-21-14-8-3-4-9-15(14)22-11-16(18)23-13-7-5-6-12(10-13)17(19)20/h3-10H,2,11H2,1H3. The summed E-state index contributed by atoms with van der Waals surface area (Å²) in [6.45, 7) is 1.97. The van der Waals surface area contributed by atoms with Gasteiger partial charge in [0.25, 0.3) is 5.69 Å². The highest BCUT2D eigenvalue weighted by atomic mass is 16.6. The largest absolute Gasteiger partial charge is 0.490 e. The number of hydrogen-bond donors (Lipinski definition) is 0. The highest BCUT2D eigenvalue weighted by molar-refractivity contribution is 5.74. The van der Waals surface area contributed by atoms with Gasteiger partial charge in [0.05, 0.1) is 17.6 Å². The van der Waals surface area contributed by atoms with Gasteiger partial charge in [-0.15, -0.1) is 0 Å². The lowest BCUT2D eigenvalue weighted by Gasteiger charge is -2.11. The van der Waals surface area contributed by atoms with Gasteiger partial charge in [0.1, 0.15) is 5.75 Å². The molecular formula is C16H15NO6. The molecule has 2 aromatic carbocycles. The molecule has 0 amide bonds. The number of hydrogen-bond acceptors (Lipinski definition) is 6. The van der Waals surface area contributed by atoms with Crippen molar-refractivity contribution in [2.24, 2.45) is 0 Å². The molecule has 23 heavy (non-hydrogen) atoms. The monoisotopic (exact) mass is 317 g/mol. The minimum absolute atomic E-state index is 0.0888. The Labute approximate surface area is 132 Å². The molecule has 0 N–H and O–H groups in total. The van der Waals surface area contributed by atoms with Crippen LogP contribution in [0.1, 0.15) is 6.92 Å². The van der Waals surface area contributed by atoms with Crippen LogP contribution in [0.5, 0.6) is 17.2 Å². The first-order chi connectivity index (χ1) is 11.1. The van der Waals surface area contributed by atoms with E-state index in [9.17, 15) is 14.9 Å². The fraction of sp³-hybridized carbons (Fsp3) is 0.188. The number of esters is 1. The van der Waals surface area contributed by atoms with E-state index in [1.807, 2.05) is 6.92 Å². The summed E-state index contributed by atoms with van der Waals surface area (Å²) < 4.78 is 15.8. The van der Waals surface area contributed by atoms with Crippen LogP contribution in [-0.4, -0.2) is 24.1 Å². The lowest BCUT2D eigenvalue weighted by molar-refractivity contribution is -0.384. The Morgan fingerprint density at radius 3 is 2.43 bits per heavy atom. The fourth-order valence-corrected chi connectivity index (χ4v) is 1.80. The molecule has 0 aliphatic rings. The molecule has 0 radical (unpaired) electrons. The number of ether oxygens (including phenoxy) is 3. The van der Waals surface area contributed by atoms with Gasteiger partial charge < -0.3 is 14.2 Å². The topological polar surface area (TPSA) is 87.9 Å². The van der Waals surface area contributed by atoms with Gasteiger partial charge in [0, 0.05) is 6.07 Å². The average molecular weight is 317 g/mol. The van der Waals surface area contributed by atoms with Gasteiger partial charge in [-0.3, -0.25) is 10.1 Å². The molecule has 0 aliphatic heterocycles. The van der Waals surface area contributed by atoms with E-state index < -0.39 is 10.9 Å². The Hall–Kier alpha value is -3.09. The highest BCUT2D eigenvalue weighted by Gasteiger charge is 2.12. The zero-order valence-electron chi connectivity index (χ0n) is 12.4. The first-order valence-corrected chi connectivity index (χ1v) is 6.90. The third kappa shape index (κ3) is 4.70. The number of para-hydroxylation sites is 2. The zero-order valence-corrected chi connectivity index (χ0v) is 12.4. The van der Waals surface area contributed by atoms with Gasteiger partial charge in [-0.25, -0.2) is 4.79 Å². The number of rotatable bonds is 7. The highest BCUT2D eigenvalue weighted by Crippen LogP contribution is 2.26. The maximum Gasteiger partial charge on any atom is 0.349 e. The molecule has 0 heterocycles. The fourth-order valence-electron chi connectivity index (χ4n) is 1.80. The quantitative estimate of drug-likeness (QED) is 0.337. The number of carbonyl (C=O) groups excluding carboxylic acids is 1. The molecule has 0 bridgehead atoms. The van der Waals surface area contributed by atoms with Crippen LogP contribution in [-0.2, 0) is 4.79 Å². The smallest absolute Gasteiger partial charge is 0.349 e. The van der Waals surface area contributed by atoms with E-state index in [0.717, 1.165) is 0 Å². The Morgan fingerprint density at radius 2 is 1.78 bits per heavy atom. The molecule has 2 aromatic rings. The predicted octanol–water partition coefficient (Wildman–Crippen LogP) is 2.98. The Balaban J connectivity index is 1.95. The van der Waals surface area contributed by atoms with Crippen molar-refractivity contribution in [3.05, 3.63) is 58.6 Å². The van der Waals surface area contributed by atoms with E-state index in [4.69, 9.17) is 14.2 Å². The third-order valence-corrected chi connectivity index (χ3v) is 2.75. The molecule has 0 aromatic heterocycles. The van der Waals surface area contributed by atoms with E-state index in [2.05, 4.69) is 0 Å². The number of benzene rings is 2. The number of nitro benzene ring substituents is 1. The lowest BCUT2D eigenvalue weighted by Crippen LogP contribution is -2.18. The predicted molar refractivity (Wildman–Crippen MR) is 81.8 cm³/mol. The Morgan fingerprint density at radius 1 is 1.09 bits per heavy atom. The second-order valence-electron chi connectivity index (χ2n) is 4.40. The van der Waals surface area contributed by atoms with Crippen LogP contribution in [0, 0.1) is 10.1 Å². The van der Waals surface area contributed by atoms with E-state index in [-0.39, 0.29) is 18.0 Å². The van der Waals surface area contributed by atoms with Crippen molar-refractivity contribution in [2.45, 2.75) is 6.92 Å². The van der Waals surface area contributed by atoms with E-state index in [1.165, 1.54) is 24.3 Å². The average Bonchev–Trinajstić information content (AvgIpc) is 2.54. The number of nitrogens with zero attached hydrogens (tertiary/aromatic N) is 1. The summed E-state index contributed by atoms with van der Waals surface area (Å²) in [5.74, 6) is 0.367. The molecule has 0 unspecified atom stereocenters. The van der Waals surface area contributed by atoms with E-state index in [0.29, 0.717) is 18.1 Å². The summed E-state index contributed by atoms with van der Waals surface area (Å²) in [5, 5.41) is 10.7.